The molecule has 0 aliphatic heterocycles. The van der Waals surface area contributed by atoms with Crippen LogP contribution in [0.5, 0.6) is 0 Å². The minimum Gasteiger partial charge on any atom is -0.395 e. The van der Waals surface area contributed by atoms with Crippen molar-refractivity contribution < 1.29 is 15.3 Å². The summed E-state index contributed by atoms with van der Waals surface area (Å²) in [6.07, 6.45) is 0. The molecule has 0 saturated heterocycles. The van der Waals surface area contributed by atoms with Crippen LogP contribution in [0.25, 0.3) is 0 Å². The van der Waals surface area contributed by atoms with Gasteiger partial charge < -0.3 is 15.3 Å². The van der Waals surface area contributed by atoms with E-state index in [9.17, 15) is 0 Å². The van der Waals surface area contributed by atoms with Crippen molar-refractivity contribution in [3.63, 3.8) is 0 Å². The van der Waals surface area contributed by atoms with Crippen molar-refractivity contribution in [2.24, 2.45) is 0 Å². The summed E-state index contributed by atoms with van der Waals surface area (Å²) in [7, 11) is 0. The zero-order valence-electron chi connectivity index (χ0n) is 6.74. The average Bonchev–Trinajstić information content (AvgIpc) is 1.90. The Hall–Kier alpha value is 0.270. The van der Waals surface area contributed by atoms with Crippen LogP contribution in [-0.4, -0.2) is 59.7 Å². The number of aliphatic hydroxyl groups is 3. The molecule has 0 spiro atoms. The summed E-state index contributed by atoms with van der Waals surface area (Å²) >= 11 is 0. The van der Waals surface area contributed by atoms with Gasteiger partial charge in [0.15, 0.2) is 0 Å². The highest BCUT2D eigenvalue weighted by atomic mass is 31.0. The van der Waals surface area contributed by atoms with E-state index in [2.05, 4.69) is 0 Å². The predicted octanol–water partition coefficient (Wildman–Crippen LogP) is -1.68. The van der Waals surface area contributed by atoms with E-state index in [1.54, 1.807) is 4.90 Å². The summed E-state index contributed by atoms with van der Waals surface area (Å²) < 4.78 is 0. The molecule has 0 bridgehead atoms. The first-order valence-electron chi connectivity index (χ1n) is 3.40. The topological polar surface area (TPSA) is 63.9 Å². The molecule has 5 heteroatoms. The normalized spacial score (nSPS) is 9.82. The Labute approximate surface area is 70.5 Å². The largest absolute Gasteiger partial charge is 0.395 e. The summed E-state index contributed by atoms with van der Waals surface area (Å²) in [4.78, 5) is 1.79. The molecule has 3 N–H and O–H groups in total. The van der Waals surface area contributed by atoms with E-state index in [0.717, 1.165) is 0 Å². The monoisotopic (exact) mass is 183 g/mol. The number of hydrogen-bond acceptors (Lipinski definition) is 4. The van der Waals surface area contributed by atoms with Crippen molar-refractivity contribution in [1.29, 1.82) is 0 Å². The maximum absolute atomic E-state index is 8.48. The molecule has 0 aliphatic rings. The molecule has 1 atom stereocenters. The lowest BCUT2D eigenvalue weighted by Gasteiger charge is -2.17. The van der Waals surface area contributed by atoms with Crippen LogP contribution in [0.4, 0.5) is 0 Å². The van der Waals surface area contributed by atoms with Gasteiger partial charge in [0.25, 0.3) is 0 Å². The fourth-order valence-corrected chi connectivity index (χ4v) is 0.760. The van der Waals surface area contributed by atoms with Crippen molar-refractivity contribution in [3.05, 3.63) is 0 Å². The predicted molar refractivity (Wildman–Crippen MR) is 48.8 cm³/mol. The third-order valence-corrected chi connectivity index (χ3v) is 1.25. The lowest BCUT2D eigenvalue weighted by molar-refractivity contribution is 0.136. The number of rotatable bonds is 6. The second-order valence-electron chi connectivity index (χ2n) is 2.01. The zero-order chi connectivity index (χ0) is 7.82. The Morgan fingerprint density at radius 3 is 1.18 bits per heavy atom. The molecule has 70 valence electrons. The van der Waals surface area contributed by atoms with Crippen LogP contribution in [0, 0.1) is 0 Å². The van der Waals surface area contributed by atoms with Crippen molar-refractivity contribution in [2.45, 2.75) is 0 Å². The van der Waals surface area contributed by atoms with E-state index < -0.39 is 0 Å². The summed E-state index contributed by atoms with van der Waals surface area (Å²) in [6, 6.07) is 0. The van der Waals surface area contributed by atoms with E-state index in [1.165, 1.54) is 0 Å². The smallest absolute Gasteiger partial charge is 0.0558 e. The molecule has 11 heavy (non-hydrogen) atoms. The first-order chi connectivity index (χ1) is 4.85. The Bertz CT molecular complexity index is 60.6. The summed E-state index contributed by atoms with van der Waals surface area (Å²) in [5, 5.41) is 25.5. The summed E-state index contributed by atoms with van der Waals surface area (Å²) in [6.45, 7) is 1.75. The van der Waals surface area contributed by atoms with E-state index in [-0.39, 0.29) is 29.7 Å². The molecule has 0 heterocycles. The molecule has 0 aromatic rings. The molecule has 0 fully saturated rings. The van der Waals surface area contributed by atoms with Crippen LogP contribution in [0.3, 0.4) is 0 Å². The van der Waals surface area contributed by atoms with Crippen LogP contribution < -0.4 is 0 Å². The molecule has 0 rings (SSSR count). The first kappa shape index (κ1) is 13.8. The highest BCUT2D eigenvalue weighted by Gasteiger charge is 2.00. The molecule has 0 aromatic carbocycles. The van der Waals surface area contributed by atoms with E-state index in [1.807, 2.05) is 0 Å². The van der Waals surface area contributed by atoms with Crippen molar-refractivity contribution >= 4 is 9.90 Å². The maximum Gasteiger partial charge on any atom is 0.0558 e. The fourth-order valence-electron chi connectivity index (χ4n) is 0.760. The Morgan fingerprint density at radius 1 is 0.727 bits per heavy atom. The van der Waals surface area contributed by atoms with Gasteiger partial charge in [0, 0.05) is 19.6 Å². The van der Waals surface area contributed by atoms with Gasteiger partial charge in [0.2, 0.25) is 0 Å². The van der Waals surface area contributed by atoms with Gasteiger partial charge in [-0.2, -0.15) is 9.90 Å². The molecule has 0 saturated carbocycles. The van der Waals surface area contributed by atoms with Gasteiger partial charge in [-0.25, -0.2) is 0 Å². The second kappa shape index (κ2) is 10.3. The van der Waals surface area contributed by atoms with Gasteiger partial charge >= 0.3 is 0 Å². The van der Waals surface area contributed by atoms with E-state index >= 15 is 0 Å². The molecular weight excluding hydrogens is 165 g/mol. The van der Waals surface area contributed by atoms with E-state index in [4.69, 9.17) is 15.3 Å². The highest BCUT2D eigenvalue weighted by Crippen LogP contribution is 1.84. The average molecular weight is 183 g/mol. The second-order valence-corrected chi connectivity index (χ2v) is 2.01. The SMILES string of the molecule is OCCN(CCO)CCO.P. The first-order valence-corrected chi connectivity index (χ1v) is 3.40. The van der Waals surface area contributed by atoms with Gasteiger partial charge in [-0.05, 0) is 0 Å². The van der Waals surface area contributed by atoms with Gasteiger partial charge in [0.05, 0.1) is 19.8 Å². The van der Waals surface area contributed by atoms with Crippen LogP contribution in [0.1, 0.15) is 0 Å². The third-order valence-electron chi connectivity index (χ3n) is 1.25. The molecule has 1 unspecified atom stereocenters. The van der Waals surface area contributed by atoms with Gasteiger partial charge in [-0.3, -0.25) is 4.90 Å². The van der Waals surface area contributed by atoms with E-state index in [0.29, 0.717) is 19.6 Å². The Kier molecular flexibility index (Phi) is 12.9. The van der Waals surface area contributed by atoms with Gasteiger partial charge in [-0.15, -0.1) is 0 Å². The van der Waals surface area contributed by atoms with Crippen LogP contribution >= 0.6 is 9.90 Å². The molecule has 0 aromatic heterocycles. The fraction of sp³-hybridized carbons (Fsp3) is 1.00. The number of aliphatic hydroxyl groups excluding tert-OH is 3. The Morgan fingerprint density at radius 2 is 1.00 bits per heavy atom. The number of hydrogen-bond donors (Lipinski definition) is 3. The van der Waals surface area contributed by atoms with Crippen LogP contribution in [-0.2, 0) is 0 Å². The van der Waals surface area contributed by atoms with Gasteiger partial charge in [-0.1, -0.05) is 0 Å². The van der Waals surface area contributed by atoms with Crippen molar-refractivity contribution in [3.8, 4) is 0 Å². The molecule has 4 nitrogen and oxygen atoms in total. The standard InChI is InChI=1S/C6H15NO3.H3P/c8-4-1-7(2-5-9)3-6-10;/h8-10H,1-6H2;1H3. The summed E-state index contributed by atoms with van der Waals surface area (Å²) in [5.74, 6) is 0. The minimum absolute atomic E-state index is 0. The molecular formula is C6H18NO3P. The van der Waals surface area contributed by atoms with Crippen LogP contribution in [0.15, 0.2) is 0 Å². The van der Waals surface area contributed by atoms with Crippen LogP contribution in [0.2, 0.25) is 0 Å². The third kappa shape index (κ3) is 8.17. The maximum atomic E-state index is 8.48. The molecule has 0 amide bonds. The van der Waals surface area contributed by atoms with Crippen molar-refractivity contribution in [2.75, 3.05) is 39.5 Å². The number of nitrogens with zero attached hydrogens (tertiary/aromatic N) is 1. The lowest BCUT2D eigenvalue weighted by Crippen LogP contribution is -2.32. The summed E-state index contributed by atoms with van der Waals surface area (Å²) in [5.41, 5.74) is 0. The minimum atomic E-state index is 0. The zero-order valence-corrected chi connectivity index (χ0v) is 8.15. The highest BCUT2D eigenvalue weighted by molar-refractivity contribution is 6.92. The quantitative estimate of drug-likeness (QED) is 0.430. The lowest BCUT2D eigenvalue weighted by atomic mass is 10.4. The molecule has 0 aliphatic carbocycles. The molecule has 0 radical (unpaired) electrons. The van der Waals surface area contributed by atoms with Gasteiger partial charge in [0.1, 0.15) is 0 Å². The Balaban J connectivity index is 0. The van der Waals surface area contributed by atoms with Crippen molar-refractivity contribution in [1.82, 2.24) is 4.90 Å².